The Kier molecular flexibility index (Phi) is 7.68. The fourth-order valence-corrected chi connectivity index (χ4v) is 4.71. The molecule has 0 bridgehead atoms. The Bertz CT molecular complexity index is 461. The number of thioether (sulfide) groups is 1. The van der Waals surface area contributed by atoms with Crippen LogP contribution in [0.2, 0.25) is 0 Å². The van der Waals surface area contributed by atoms with Crippen molar-refractivity contribution >= 4 is 29.7 Å². The van der Waals surface area contributed by atoms with Crippen LogP contribution in [0.1, 0.15) is 51.4 Å². The van der Waals surface area contributed by atoms with E-state index in [0.717, 1.165) is 37.9 Å². The average molecular weight is 357 g/mol. The maximum Gasteiger partial charge on any atom is 0.315 e. The lowest BCUT2D eigenvalue weighted by Gasteiger charge is -2.16. The van der Waals surface area contributed by atoms with Gasteiger partial charge in [-0.15, -0.1) is 0 Å². The first kappa shape index (κ1) is 18.9. The van der Waals surface area contributed by atoms with Crippen LogP contribution in [-0.4, -0.2) is 52.6 Å². The second kappa shape index (κ2) is 9.76. The monoisotopic (exact) mass is 357 g/mol. The molecule has 2 aliphatic rings. The predicted molar refractivity (Wildman–Crippen MR) is 93.1 cm³/mol. The minimum absolute atomic E-state index is 0.0574. The molecular formula is C16H27N3O4S. The van der Waals surface area contributed by atoms with Gasteiger partial charge in [0.15, 0.2) is 0 Å². The first-order chi connectivity index (χ1) is 11.6. The summed E-state index contributed by atoms with van der Waals surface area (Å²) in [5, 5.41) is 17.8. The fourth-order valence-electron chi connectivity index (χ4n) is 3.17. The van der Waals surface area contributed by atoms with Gasteiger partial charge in [-0.25, -0.2) is 4.79 Å². The van der Waals surface area contributed by atoms with Crippen LogP contribution < -0.4 is 16.0 Å². The van der Waals surface area contributed by atoms with Crippen LogP contribution in [0, 0.1) is 0 Å². The van der Waals surface area contributed by atoms with E-state index in [1.165, 1.54) is 0 Å². The summed E-state index contributed by atoms with van der Waals surface area (Å²) in [6, 6.07) is 0.442. The lowest BCUT2D eigenvalue weighted by atomic mass is 10.0. The molecular weight excluding hydrogens is 330 g/mol. The zero-order valence-corrected chi connectivity index (χ0v) is 14.7. The third-order valence-corrected chi connectivity index (χ3v) is 5.98. The zero-order chi connectivity index (χ0) is 17.4. The zero-order valence-electron chi connectivity index (χ0n) is 13.9. The molecule has 2 rings (SSSR count). The molecule has 3 atom stereocenters. The number of unbranched alkanes of at least 4 members (excludes halogenated alkanes) is 3. The van der Waals surface area contributed by atoms with E-state index in [2.05, 4.69) is 16.0 Å². The number of hydrogen-bond donors (Lipinski definition) is 4. The van der Waals surface area contributed by atoms with Gasteiger partial charge in [0.25, 0.3) is 0 Å². The van der Waals surface area contributed by atoms with Crippen LogP contribution in [-0.2, 0) is 9.59 Å². The molecule has 24 heavy (non-hydrogen) atoms. The number of carboxylic acid groups (broad SMARTS) is 1. The third kappa shape index (κ3) is 6.22. The van der Waals surface area contributed by atoms with Crippen LogP contribution in [0.5, 0.6) is 0 Å². The molecule has 136 valence electrons. The Hall–Kier alpha value is -1.44. The highest BCUT2D eigenvalue weighted by molar-refractivity contribution is 8.00. The van der Waals surface area contributed by atoms with Crippen molar-refractivity contribution in [2.75, 3.05) is 12.3 Å². The lowest BCUT2D eigenvalue weighted by molar-refractivity contribution is -0.137. The molecule has 2 saturated heterocycles. The number of carboxylic acids is 1. The second-order valence-corrected chi connectivity index (χ2v) is 7.69. The van der Waals surface area contributed by atoms with E-state index in [-0.39, 0.29) is 30.4 Å². The van der Waals surface area contributed by atoms with Crippen LogP contribution in [0.25, 0.3) is 0 Å². The normalized spacial score (nSPS) is 25.0. The Morgan fingerprint density at radius 2 is 1.92 bits per heavy atom. The van der Waals surface area contributed by atoms with E-state index in [9.17, 15) is 14.4 Å². The van der Waals surface area contributed by atoms with Gasteiger partial charge in [0.05, 0.1) is 12.1 Å². The molecule has 2 heterocycles. The van der Waals surface area contributed by atoms with Crippen molar-refractivity contribution in [1.82, 2.24) is 16.0 Å². The van der Waals surface area contributed by atoms with Gasteiger partial charge < -0.3 is 21.1 Å². The summed E-state index contributed by atoms with van der Waals surface area (Å²) in [7, 11) is 0. The number of carbonyl (C=O) groups excluding carboxylic acids is 2. The van der Waals surface area contributed by atoms with Gasteiger partial charge in [0.1, 0.15) is 0 Å². The Balaban J connectivity index is 1.45. The minimum atomic E-state index is -0.765. The molecule has 0 aromatic rings. The maximum atomic E-state index is 11.7. The van der Waals surface area contributed by atoms with Crippen LogP contribution >= 0.6 is 11.8 Å². The standard InChI is InChI=1S/C16H27N3O4S/c20-13(17-9-5-1-2-8-14(21)22)7-4-3-6-12-15-11(10-24-12)18-16(23)19-15/h11-12,15H,1-10H2,(H,17,20)(H,21,22)(H2,18,19,23)/t11?,12-,15?/m0/s1. The number of amides is 3. The van der Waals surface area contributed by atoms with E-state index in [0.29, 0.717) is 24.6 Å². The summed E-state index contributed by atoms with van der Waals surface area (Å²) in [6.07, 6.45) is 5.93. The van der Waals surface area contributed by atoms with Crippen molar-refractivity contribution in [2.24, 2.45) is 0 Å². The number of fused-ring (bicyclic) bond motifs is 1. The van der Waals surface area contributed by atoms with Crippen molar-refractivity contribution in [3.05, 3.63) is 0 Å². The molecule has 2 fully saturated rings. The van der Waals surface area contributed by atoms with E-state index in [4.69, 9.17) is 5.11 Å². The SMILES string of the molecule is O=C(O)CCCCCNC(=O)CCCC[C@@H]1SCC2NC(=O)NC21. The van der Waals surface area contributed by atoms with E-state index in [1.807, 2.05) is 11.8 Å². The highest BCUT2D eigenvalue weighted by atomic mass is 32.2. The number of nitrogens with one attached hydrogen (secondary N) is 3. The van der Waals surface area contributed by atoms with Crippen molar-refractivity contribution in [3.63, 3.8) is 0 Å². The van der Waals surface area contributed by atoms with Gasteiger partial charge in [-0.1, -0.05) is 12.8 Å². The molecule has 0 aromatic heterocycles. The molecule has 0 spiro atoms. The Labute approximate surface area is 146 Å². The fraction of sp³-hybridized carbons (Fsp3) is 0.812. The number of urea groups is 1. The second-order valence-electron chi connectivity index (χ2n) is 6.42. The molecule has 8 heteroatoms. The van der Waals surface area contributed by atoms with Crippen LogP contribution in [0.4, 0.5) is 4.79 Å². The highest BCUT2D eigenvalue weighted by Crippen LogP contribution is 2.33. The molecule has 3 amide bonds. The first-order valence-corrected chi connectivity index (χ1v) is 9.78. The summed E-state index contributed by atoms with van der Waals surface area (Å²) in [5.74, 6) is 0.274. The third-order valence-electron chi connectivity index (χ3n) is 4.47. The molecule has 4 N–H and O–H groups in total. The van der Waals surface area contributed by atoms with Crippen molar-refractivity contribution in [1.29, 1.82) is 0 Å². The quantitative estimate of drug-likeness (QED) is 0.331. The summed E-state index contributed by atoms with van der Waals surface area (Å²) >= 11 is 1.90. The smallest absolute Gasteiger partial charge is 0.315 e. The molecule has 0 aromatic carbocycles. The molecule has 0 radical (unpaired) electrons. The van der Waals surface area contributed by atoms with Gasteiger partial charge in [-0.3, -0.25) is 9.59 Å². The highest BCUT2D eigenvalue weighted by Gasteiger charge is 2.42. The Morgan fingerprint density at radius 3 is 2.71 bits per heavy atom. The van der Waals surface area contributed by atoms with Gasteiger partial charge in [-0.05, 0) is 25.7 Å². The summed E-state index contributed by atoms with van der Waals surface area (Å²) in [6.45, 7) is 0.623. The van der Waals surface area contributed by atoms with E-state index in [1.54, 1.807) is 0 Å². The number of hydrogen-bond acceptors (Lipinski definition) is 4. The maximum absolute atomic E-state index is 11.7. The number of aliphatic carboxylic acids is 1. The molecule has 2 aliphatic heterocycles. The topological polar surface area (TPSA) is 108 Å². The molecule has 0 aliphatic carbocycles. The molecule has 0 saturated carbocycles. The first-order valence-electron chi connectivity index (χ1n) is 8.73. The van der Waals surface area contributed by atoms with Crippen LogP contribution in [0.15, 0.2) is 0 Å². The van der Waals surface area contributed by atoms with E-state index < -0.39 is 5.97 Å². The molecule has 7 nitrogen and oxygen atoms in total. The average Bonchev–Trinajstić information content (AvgIpc) is 3.06. The van der Waals surface area contributed by atoms with Crippen molar-refractivity contribution in [2.45, 2.75) is 68.7 Å². The number of rotatable bonds is 11. The summed E-state index contributed by atoms with van der Waals surface area (Å²) < 4.78 is 0. The van der Waals surface area contributed by atoms with Gasteiger partial charge in [0, 0.05) is 30.4 Å². The van der Waals surface area contributed by atoms with Gasteiger partial charge in [0.2, 0.25) is 5.91 Å². The summed E-state index contributed by atoms with van der Waals surface area (Å²) in [5.41, 5.74) is 0. The van der Waals surface area contributed by atoms with Crippen molar-refractivity contribution in [3.8, 4) is 0 Å². The van der Waals surface area contributed by atoms with E-state index >= 15 is 0 Å². The molecule has 2 unspecified atom stereocenters. The number of carbonyl (C=O) groups is 3. The predicted octanol–water partition coefficient (Wildman–Crippen LogP) is 1.47. The minimum Gasteiger partial charge on any atom is -0.481 e. The largest absolute Gasteiger partial charge is 0.481 e. The summed E-state index contributed by atoms with van der Waals surface area (Å²) in [4.78, 5) is 33.4. The van der Waals surface area contributed by atoms with Crippen molar-refractivity contribution < 1.29 is 19.5 Å². The van der Waals surface area contributed by atoms with Gasteiger partial charge in [-0.2, -0.15) is 11.8 Å². The Morgan fingerprint density at radius 1 is 1.12 bits per heavy atom. The lowest BCUT2D eigenvalue weighted by Crippen LogP contribution is -2.36. The van der Waals surface area contributed by atoms with Crippen LogP contribution in [0.3, 0.4) is 0 Å². The van der Waals surface area contributed by atoms with Gasteiger partial charge >= 0.3 is 12.0 Å².